The van der Waals surface area contributed by atoms with Crippen molar-refractivity contribution < 1.29 is 0 Å². The SMILES string of the molecule is CCN(c1ccc(CC(C)N)cc1C)C1CCCCC1. The molecule has 2 N–H and O–H groups in total. The van der Waals surface area contributed by atoms with Gasteiger partial charge in [-0.3, -0.25) is 0 Å². The fourth-order valence-corrected chi connectivity index (χ4v) is 3.56. The van der Waals surface area contributed by atoms with Crippen LogP contribution in [0.4, 0.5) is 5.69 Å². The zero-order valence-electron chi connectivity index (χ0n) is 13.4. The van der Waals surface area contributed by atoms with Crippen LogP contribution in [0.15, 0.2) is 18.2 Å². The van der Waals surface area contributed by atoms with E-state index >= 15 is 0 Å². The predicted octanol–water partition coefficient (Wildman–Crippen LogP) is 4.04. The van der Waals surface area contributed by atoms with E-state index in [1.807, 2.05) is 0 Å². The third kappa shape index (κ3) is 3.76. The van der Waals surface area contributed by atoms with Crippen LogP contribution < -0.4 is 10.6 Å². The number of nitrogens with zero attached hydrogens (tertiary/aromatic N) is 1. The van der Waals surface area contributed by atoms with Crippen LogP contribution in [0.2, 0.25) is 0 Å². The molecule has 0 aliphatic heterocycles. The normalized spacial score (nSPS) is 18.0. The van der Waals surface area contributed by atoms with Crippen LogP contribution in [0.3, 0.4) is 0 Å². The van der Waals surface area contributed by atoms with E-state index in [4.69, 9.17) is 5.73 Å². The molecule has 20 heavy (non-hydrogen) atoms. The van der Waals surface area contributed by atoms with Gasteiger partial charge in [-0.25, -0.2) is 0 Å². The largest absolute Gasteiger partial charge is 0.369 e. The van der Waals surface area contributed by atoms with Gasteiger partial charge in [-0.15, -0.1) is 0 Å². The predicted molar refractivity (Wildman–Crippen MR) is 88.4 cm³/mol. The maximum Gasteiger partial charge on any atom is 0.0398 e. The van der Waals surface area contributed by atoms with Gasteiger partial charge in [0.25, 0.3) is 0 Å². The van der Waals surface area contributed by atoms with Gasteiger partial charge in [-0.1, -0.05) is 31.4 Å². The second-order valence-corrected chi connectivity index (χ2v) is 6.38. The Balaban J connectivity index is 2.16. The Morgan fingerprint density at radius 3 is 2.50 bits per heavy atom. The van der Waals surface area contributed by atoms with Crippen LogP contribution in [0.1, 0.15) is 57.1 Å². The average molecular weight is 274 g/mol. The van der Waals surface area contributed by atoms with Crippen LogP contribution >= 0.6 is 0 Å². The topological polar surface area (TPSA) is 29.3 Å². The van der Waals surface area contributed by atoms with Crippen LogP contribution in [-0.2, 0) is 6.42 Å². The zero-order chi connectivity index (χ0) is 14.5. The van der Waals surface area contributed by atoms with Crippen LogP contribution in [0.25, 0.3) is 0 Å². The second kappa shape index (κ2) is 7.12. The van der Waals surface area contributed by atoms with E-state index in [1.165, 1.54) is 48.9 Å². The Hall–Kier alpha value is -1.02. The minimum absolute atomic E-state index is 0.237. The smallest absolute Gasteiger partial charge is 0.0398 e. The van der Waals surface area contributed by atoms with E-state index in [9.17, 15) is 0 Å². The lowest BCUT2D eigenvalue weighted by Crippen LogP contribution is -2.37. The molecule has 2 nitrogen and oxygen atoms in total. The monoisotopic (exact) mass is 274 g/mol. The Morgan fingerprint density at radius 1 is 1.25 bits per heavy atom. The highest BCUT2D eigenvalue weighted by Crippen LogP contribution is 2.30. The van der Waals surface area contributed by atoms with Gasteiger partial charge in [0.15, 0.2) is 0 Å². The van der Waals surface area contributed by atoms with Crippen molar-refractivity contribution in [1.29, 1.82) is 0 Å². The summed E-state index contributed by atoms with van der Waals surface area (Å²) < 4.78 is 0. The molecule has 0 spiro atoms. The number of aryl methyl sites for hydroxylation is 1. The van der Waals surface area contributed by atoms with Crippen molar-refractivity contribution in [2.75, 3.05) is 11.4 Å². The van der Waals surface area contributed by atoms with Crippen molar-refractivity contribution in [1.82, 2.24) is 0 Å². The molecule has 1 aromatic carbocycles. The van der Waals surface area contributed by atoms with Crippen LogP contribution in [-0.4, -0.2) is 18.6 Å². The summed E-state index contributed by atoms with van der Waals surface area (Å²) in [6, 6.07) is 7.87. The third-order valence-electron chi connectivity index (χ3n) is 4.48. The van der Waals surface area contributed by atoms with Crippen LogP contribution in [0, 0.1) is 6.92 Å². The van der Waals surface area contributed by atoms with Gasteiger partial charge >= 0.3 is 0 Å². The standard InChI is InChI=1S/C18H30N2/c1-4-20(17-8-6-5-7-9-17)18-11-10-16(12-14(18)2)13-15(3)19/h10-12,15,17H,4-9,13,19H2,1-3H3. The fourth-order valence-electron chi connectivity index (χ4n) is 3.56. The van der Waals surface area contributed by atoms with Crippen molar-refractivity contribution in [3.8, 4) is 0 Å². The molecule has 1 unspecified atom stereocenters. The maximum absolute atomic E-state index is 5.91. The van der Waals surface area contributed by atoms with Gasteiger partial charge in [-0.05, 0) is 57.2 Å². The van der Waals surface area contributed by atoms with Gasteiger partial charge in [0.05, 0.1) is 0 Å². The first-order valence-electron chi connectivity index (χ1n) is 8.23. The minimum Gasteiger partial charge on any atom is -0.369 e. The molecule has 0 bridgehead atoms. The van der Waals surface area contributed by atoms with Crippen molar-refractivity contribution in [2.45, 2.75) is 71.4 Å². The molecule has 1 atom stereocenters. The number of hydrogen-bond donors (Lipinski definition) is 1. The molecule has 0 amide bonds. The molecule has 1 aliphatic rings. The molecule has 0 heterocycles. The Morgan fingerprint density at radius 2 is 1.95 bits per heavy atom. The molecule has 1 aromatic rings. The quantitative estimate of drug-likeness (QED) is 0.878. The zero-order valence-corrected chi connectivity index (χ0v) is 13.4. The van der Waals surface area contributed by atoms with Gasteiger partial charge in [0.2, 0.25) is 0 Å². The summed E-state index contributed by atoms with van der Waals surface area (Å²) >= 11 is 0. The minimum atomic E-state index is 0.237. The van der Waals surface area contributed by atoms with Crippen LogP contribution in [0.5, 0.6) is 0 Å². The highest BCUT2D eigenvalue weighted by Gasteiger charge is 2.21. The Bertz CT molecular complexity index is 419. The molecular formula is C18H30N2. The number of hydrogen-bond acceptors (Lipinski definition) is 2. The van der Waals surface area contributed by atoms with E-state index in [-0.39, 0.29) is 6.04 Å². The van der Waals surface area contributed by atoms with Crippen molar-refractivity contribution in [3.63, 3.8) is 0 Å². The van der Waals surface area contributed by atoms with E-state index in [2.05, 4.69) is 43.9 Å². The summed E-state index contributed by atoms with van der Waals surface area (Å²) in [6.07, 6.45) is 7.88. The van der Waals surface area contributed by atoms with E-state index in [0.717, 1.165) is 19.0 Å². The van der Waals surface area contributed by atoms with Gasteiger partial charge in [0, 0.05) is 24.3 Å². The lowest BCUT2D eigenvalue weighted by molar-refractivity contribution is 0.418. The fraction of sp³-hybridized carbons (Fsp3) is 0.667. The highest BCUT2D eigenvalue weighted by molar-refractivity contribution is 5.55. The summed E-state index contributed by atoms with van der Waals surface area (Å²) in [5, 5.41) is 0. The molecule has 1 fully saturated rings. The molecule has 1 aliphatic carbocycles. The first kappa shape index (κ1) is 15.4. The van der Waals surface area contributed by atoms with E-state index < -0.39 is 0 Å². The summed E-state index contributed by atoms with van der Waals surface area (Å²) in [5.41, 5.74) is 10.1. The maximum atomic E-state index is 5.91. The summed E-state index contributed by atoms with van der Waals surface area (Å²) in [6.45, 7) is 7.71. The van der Waals surface area contributed by atoms with Crippen molar-refractivity contribution in [2.24, 2.45) is 5.73 Å². The van der Waals surface area contributed by atoms with Crippen molar-refractivity contribution >= 4 is 5.69 Å². The average Bonchev–Trinajstić information content (AvgIpc) is 2.42. The molecule has 0 saturated heterocycles. The second-order valence-electron chi connectivity index (χ2n) is 6.38. The number of nitrogens with two attached hydrogens (primary N) is 1. The molecule has 0 radical (unpaired) electrons. The molecular weight excluding hydrogens is 244 g/mol. The molecule has 1 saturated carbocycles. The summed E-state index contributed by atoms with van der Waals surface area (Å²) in [7, 11) is 0. The lowest BCUT2D eigenvalue weighted by Gasteiger charge is -2.36. The first-order valence-corrected chi connectivity index (χ1v) is 8.23. The molecule has 0 aromatic heterocycles. The Labute approximate surface area is 124 Å². The van der Waals surface area contributed by atoms with Gasteiger partial charge < -0.3 is 10.6 Å². The molecule has 2 heteroatoms. The number of rotatable bonds is 5. The first-order chi connectivity index (χ1) is 9.61. The number of anilines is 1. The molecule has 112 valence electrons. The number of benzene rings is 1. The van der Waals surface area contributed by atoms with Gasteiger partial charge in [0.1, 0.15) is 0 Å². The highest BCUT2D eigenvalue weighted by atomic mass is 15.2. The van der Waals surface area contributed by atoms with Crippen molar-refractivity contribution in [3.05, 3.63) is 29.3 Å². The summed E-state index contributed by atoms with van der Waals surface area (Å²) in [4.78, 5) is 2.62. The summed E-state index contributed by atoms with van der Waals surface area (Å²) in [5.74, 6) is 0. The Kier molecular flexibility index (Phi) is 5.47. The van der Waals surface area contributed by atoms with E-state index in [0.29, 0.717) is 0 Å². The van der Waals surface area contributed by atoms with Gasteiger partial charge in [-0.2, -0.15) is 0 Å². The van der Waals surface area contributed by atoms with E-state index in [1.54, 1.807) is 0 Å². The third-order valence-corrected chi connectivity index (χ3v) is 4.48. The lowest BCUT2D eigenvalue weighted by atomic mass is 9.93. The molecule has 2 rings (SSSR count).